The van der Waals surface area contributed by atoms with E-state index < -0.39 is 12.1 Å². The van der Waals surface area contributed by atoms with Crippen LogP contribution in [0.2, 0.25) is 0 Å². The number of amides is 1. The highest BCUT2D eigenvalue weighted by atomic mass is 16.8. The maximum absolute atomic E-state index is 12.5. The van der Waals surface area contributed by atoms with Crippen molar-refractivity contribution >= 4 is 6.09 Å². The van der Waals surface area contributed by atoms with Gasteiger partial charge in [-0.25, -0.2) is 4.79 Å². The van der Waals surface area contributed by atoms with E-state index in [2.05, 4.69) is 0 Å². The topological polar surface area (TPSA) is 57.2 Å². The molecular weight excluding hydrogens is 298 g/mol. The molecule has 0 unspecified atom stereocenters. The molecule has 0 aliphatic carbocycles. The molecule has 4 rings (SSSR count). The van der Waals surface area contributed by atoms with Gasteiger partial charge in [-0.15, -0.1) is 0 Å². The van der Waals surface area contributed by atoms with Crippen molar-refractivity contribution in [3.05, 3.63) is 35.9 Å². The quantitative estimate of drug-likeness (QED) is 0.837. The Kier molecular flexibility index (Phi) is 3.55. The first-order valence-corrected chi connectivity index (χ1v) is 8.02. The predicted molar refractivity (Wildman–Crippen MR) is 80.4 cm³/mol. The molecule has 0 N–H and O–H groups in total. The predicted octanol–water partition coefficient (Wildman–Crippen LogP) is 2.27. The van der Waals surface area contributed by atoms with Gasteiger partial charge in [0.15, 0.2) is 12.1 Å². The number of hydrogen-bond donors (Lipinski definition) is 0. The molecule has 1 aromatic rings. The van der Waals surface area contributed by atoms with Crippen LogP contribution in [-0.4, -0.2) is 47.9 Å². The normalized spacial score (nSPS) is 34.3. The average Bonchev–Trinajstić information content (AvgIpc) is 3.14. The summed E-state index contributed by atoms with van der Waals surface area (Å²) in [6, 6.07) is 9.53. The van der Waals surface area contributed by atoms with E-state index in [1.54, 1.807) is 4.90 Å². The summed E-state index contributed by atoms with van der Waals surface area (Å²) in [6.45, 7) is 4.61. The second-order valence-corrected chi connectivity index (χ2v) is 6.66. The monoisotopic (exact) mass is 319 g/mol. The van der Waals surface area contributed by atoms with Crippen LogP contribution in [0.1, 0.15) is 25.8 Å². The fourth-order valence-corrected chi connectivity index (χ4v) is 3.61. The van der Waals surface area contributed by atoms with E-state index in [9.17, 15) is 4.79 Å². The lowest BCUT2D eigenvalue weighted by molar-refractivity contribution is -0.206. The minimum atomic E-state index is -0.678. The molecule has 0 spiro atoms. The summed E-state index contributed by atoms with van der Waals surface area (Å²) in [5.74, 6) is -0.678. The first kappa shape index (κ1) is 14.9. The van der Waals surface area contributed by atoms with Gasteiger partial charge in [0.2, 0.25) is 0 Å². The average molecular weight is 319 g/mol. The number of carbonyl (C=O) groups excluding carboxylic acids is 1. The number of rotatable bonds is 2. The number of ether oxygens (including phenoxy) is 4. The first-order chi connectivity index (χ1) is 11.0. The molecule has 23 heavy (non-hydrogen) atoms. The Bertz CT molecular complexity index is 590. The smallest absolute Gasteiger partial charge is 0.410 e. The molecule has 0 saturated carbocycles. The number of likely N-dealkylation sites (tertiary alicyclic amines) is 1. The molecule has 0 aromatic heterocycles. The fraction of sp³-hybridized carbons (Fsp3) is 0.588. The highest BCUT2D eigenvalue weighted by molar-refractivity contribution is 5.69. The molecular formula is C17H21NO5. The standard InChI is InChI=1S/C17H21NO5/c1-17(2)22-14-13-12(21-15(14)23-17)8-9-18(13)16(19)20-10-11-6-4-3-5-7-11/h3-7,12-15H,8-10H2,1-2H3/t12-,13+,14-,15-/m1/s1. The number of carbonyl (C=O) groups is 1. The van der Waals surface area contributed by atoms with Crippen molar-refractivity contribution in [3.63, 3.8) is 0 Å². The molecule has 3 heterocycles. The molecule has 124 valence electrons. The van der Waals surface area contributed by atoms with Gasteiger partial charge in [0.1, 0.15) is 12.7 Å². The van der Waals surface area contributed by atoms with Crippen molar-refractivity contribution in [2.75, 3.05) is 6.54 Å². The fourth-order valence-electron chi connectivity index (χ4n) is 3.61. The van der Waals surface area contributed by atoms with E-state index >= 15 is 0 Å². The molecule has 1 aromatic carbocycles. The summed E-state index contributed by atoms with van der Waals surface area (Å²) in [4.78, 5) is 14.2. The Balaban J connectivity index is 1.42. The van der Waals surface area contributed by atoms with Crippen LogP contribution in [0.25, 0.3) is 0 Å². The third-order valence-corrected chi connectivity index (χ3v) is 4.57. The third kappa shape index (κ3) is 2.71. The minimum absolute atomic E-state index is 0.0367. The van der Waals surface area contributed by atoms with Gasteiger partial charge >= 0.3 is 6.09 Å². The lowest BCUT2D eigenvalue weighted by atomic mass is 10.1. The molecule has 4 atom stereocenters. The maximum atomic E-state index is 12.5. The van der Waals surface area contributed by atoms with Crippen LogP contribution in [0.15, 0.2) is 30.3 Å². The van der Waals surface area contributed by atoms with Gasteiger partial charge in [-0.05, 0) is 25.8 Å². The van der Waals surface area contributed by atoms with Crippen molar-refractivity contribution in [3.8, 4) is 0 Å². The van der Waals surface area contributed by atoms with Gasteiger partial charge in [0, 0.05) is 6.54 Å². The van der Waals surface area contributed by atoms with Crippen LogP contribution in [0, 0.1) is 0 Å². The Morgan fingerprint density at radius 1 is 1.30 bits per heavy atom. The molecule has 1 amide bonds. The molecule has 3 fully saturated rings. The largest absolute Gasteiger partial charge is 0.445 e. The van der Waals surface area contributed by atoms with E-state index in [0.717, 1.165) is 12.0 Å². The SMILES string of the molecule is CC1(C)O[C@H]2O[C@@H]3CCN(C(=O)OCc4ccccc4)[C@@H]3[C@H]2O1. The van der Waals surface area contributed by atoms with Gasteiger partial charge in [-0.3, -0.25) is 4.90 Å². The van der Waals surface area contributed by atoms with Gasteiger partial charge in [-0.2, -0.15) is 0 Å². The van der Waals surface area contributed by atoms with Crippen molar-refractivity contribution in [2.45, 2.75) is 57.2 Å². The summed E-state index contributed by atoms with van der Waals surface area (Å²) in [7, 11) is 0. The molecule has 6 nitrogen and oxygen atoms in total. The Hall–Kier alpha value is -1.63. The van der Waals surface area contributed by atoms with E-state index in [1.165, 1.54) is 0 Å². The maximum Gasteiger partial charge on any atom is 0.410 e. The Morgan fingerprint density at radius 3 is 2.87 bits per heavy atom. The molecule has 0 bridgehead atoms. The summed E-state index contributed by atoms with van der Waals surface area (Å²) in [5.41, 5.74) is 0.971. The minimum Gasteiger partial charge on any atom is -0.445 e. The second kappa shape index (κ2) is 5.47. The van der Waals surface area contributed by atoms with Crippen LogP contribution in [0.3, 0.4) is 0 Å². The van der Waals surface area contributed by atoms with Crippen LogP contribution in [-0.2, 0) is 25.6 Å². The summed E-state index contributed by atoms with van der Waals surface area (Å²) in [5, 5.41) is 0. The van der Waals surface area contributed by atoms with Gasteiger partial charge in [0.25, 0.3) is 0 Å². The van der Waals surface area contributed by atoms with Crippen LogP contribution < -0.4 is 0 Å². The first-order valence-electron chi connectivity index (χ1n) is 8.02. The van der Waals surface area contributed by atoms with Gasteiger partial charge in [0.05, 0.1) is 12.1 Å². The van der Waals surface area contributed by atoms with E-state index in [0.29, 0.717) is 6.54 Å². The zero-order valence-corrected chi connectivity index (χ0v) is 13.3. The summed E-state index contributed by atoms with van der Waals surface area (Å²) in [6.07, 6.45) is -0.221. The van der Waals surface area contributed by atoms with Crippen molar-refractivity contribution in [2.24, 2.45) is 0 Å². The van der Waals surface area contributed by atoms with Crippen LogP contribution in [0.5, 0.6) is 0 Å². The lowest BCUT2D eigenvalue weighted by Crippen LogP contribution is -2.46. The molecule has 6 heteroatoms. The number of fused-ring (bicyclic) bond motifs is 3. The van der Waals surface area contributed by atoms with Gasteiger partial charge in [-0.1, -0.05) is 30.3 Å². The summed E-state index contributed by atoms with van der Waals surface area (Å²) < 4.78 is 23.0. The molecule has 3 aliphatic heterocycles. The van der Waals surface area contributed by atoms with Crippen molar-refractivity contribution in [1.29, 1.82) is 0 Å². The van der Waals surface area contributed by atoms with E-state index in [4.69, 9.17) is 18.9 Å². The van der Waals surface area contributed by atoms with Crippen LogP contribution in [0.4, 0.5) is 4.79 Å². The van der Waals surface area contributed by atoms with Crippen LogP contribution >= 0.6 is 0 Å². The highest BCUT2D eigenvalue weighted by Gasteiger charge is 2.59. The molecule has 3 saturated heterocycles. The summed E-state index contributed by atoms with van der Waals surface area (Å²) >= 11 is 0. The number of hydrogen-bond acceptors (Lipinski definition) is 5. The second-order valence-electron chi connectivity index (χ2n) is 6.66. The van der Waals surface area contributed by atoms with E-state index in [-0.39, 0.29) is 30.9 Å². The third-order valence-electron chi connectivity index (χ3n) is 4.57. The zero-order valence-electron chi connectivity index (χ0n) is 13.3. The molecule has 0 radical (unpaired) electrons. The lowest BCUT2D eigenvalue weighted by Gasteiger charge is -2.27. The Labute approximate surface area is 135 Å². The van der Waals surface area contributed by atoms with Crippen molar-refractivity contribution in [1.82, 2.24) is 4.90 Å². The highest BCUT2D eigenvalue weighted by Crippen LogP contribution is 2.43. The molecule has 3 aliphatic rings. The zero-order chi connectivity index (χ0) is 16.0. The number of nitrogens with zero attached hydrogens (tertiary/aromatic N) is 1. The van der Waals surface area contributed by atoms with Gasteiger partial charge < -0.3 is 18.9 Å². The number of benzene rings is 1. The van der Waals surface area contributed by atoms with Crippen molar-refractivity contribution < 1.29 is 23.7 Å². The van der Waals surface area contributed by atoms with E-state index in [1.807, 2.05) is 44.2 Å². The Morgan fingerprint density at radius 2 is 2.09 bits per heavy atom.